The van der Waals surface area contributed by atoms with Crippen LogP contribution in [0.25, 0.3) is 93.2 Å². The van der Waals surface area contributed by atoms with Crippen LogP contribution in [0.4, 0.5) is 0 Å². The molecule has 0 bridgehead atoms. The van der Waals surface area contributed by atoms with Crippen LogP contribution >= 0.6 is 0 Å². The van der Waals surface area contributed by atoms with Crippen LogP contribution < -0.4 is 0 Å². The first-order chi connectivity index (χ1) is 24.2. The predicted molar refractivity (Wildman–Crippen MR) is 210 cm³/mol. The molecule has 0 saturated heterocycles. The van der Waals surface area contributed by atoms with E-state index < -0.39 is 0 Å². The smallest absolute Gasteiger partial charge is 0.0541 e. The minimum atomic E-state index is 1.18. The van der Waals surface area contributed by atoms with E-state index in [0.717, 1.165) is 0 Å². The minimum Gasteiger partial charge on any atom is -0.309 e. The second kappa shape index (κ2) is 11.1. The molecule has 0 aliphatic rings. The summed E-state index contributed by atoms with van der Waals surface area (Å²) in [4.78, 5) is 0. The third-order valence-corrected chi connectivity index (χ3v) is 10.1. The summed E-state index contributed by atoms with van der Waals surface area (Å²) in [6.07, 6.45) is 0. The van der Waals surface area contributed by atoms with Crippen molar-refractivity contribution >= 4 is 54.1 Å². The highest BCUT2D eigenvalue weighted by molar-refractivity contribution is 6.10. The maximum Gasteiger partial charge on any atom is 0.0541 e. The number of rotatable bonds is 4. The predicted octanol–water partition coefficient (Wildman–Crippen LogP) is 13.2. The lowest BCUT2D eigenvalue weighted by Gasteiger charge is -2.10. The molecule has 1 nitrogen and oxygen atoms in total. The van der Waals surface area contributed by atoms with Crippen molar-refractivity contribution in [2.24, 2.45) is 0 Å². The van der Waals surface area contributed by atoms with Gasteiger partial charge in [-0.15, -0.1) is 0 Å². The highest BCUT2D eigenvalue weighted by Gasteiger charge is 2.13. The summed E-state index contributed by atoms with van der Waals surface area (Å²) < 4.78 is 2.37. The van der Waals surface area contributed by atoms with Gasteiger partial charge in [0, 0.05) is 16.5 Å². The second-order valence-electron chi connectivity index (χ2n) is 13.0. The number of para-hydroxylation sites is 2. The van der Waals surface area contributed by atoms with Crippen LogP contribution in [0.3, 0.4) is 0 Å². The molecule has 0 aliphatic heterocycles. The van der Waals surface area contributed by atoms with Crippen LogP contribution in [-0.4, -0.2) is 4.57 Å². The highest BCUT2D eigenvalue weighted by Crippen LogP contribution is 2.36. The fourth-order valence-electron chi connectivity index (χ4n) is 7.59. The summed E-state index contributed by atoms with van der Waals surface area (Å²) in [6, 6.07) is 68.8. The number of hydrogen-bond acceptors (Lipinski definition) is 0. The molecular weight excluding hydrogens is 591 g/mol. The molecule has 1 heteroatoms. The van der Waals surface area contributed by atoms with Crippen molar-refractivity contribution in [2.75, 3.05) is 0 Å². The lowest BCUT2D eigenvalue weighted by molar-refractivity contribution is 1.18. The summed E-state index contributed by atoms with van der Waals surface area (Å²) in [5.74, 6) is 0. The van der Waals surface area contributed by atoms with Crippen LogP contribution in [0, 0.1) is 0 Å². The number of fused-ring (bicyclic) bond motifs is 6. The van der Waals surface area contributed by atoms with Crippen molar-refractivity contribution in [2.45, 2.75) is 0 Å². The summed E-state index contributed by atoms with van der Waals surface area (Å²) in [5.41, 5.74) is 11.0. The van der Waals surface area contributed by atoms with Crippen molar-refractivity contribution < 1.29 is 0 Å². The largest absolute Gasteiger partial charge is 0.309 e. The summed E-state index contributed by atoms with van der Waals surface area (Å²) in [7, 11) is 0. The standard InChI is InChI=1S/C48H31N/c1-2-10-44(11-3-1)49-47-13-7-6-12-45(47)46-31-43(24-25-48(46)49)42-23-22-40-29-39(20-21-41(40)30-42)38-19-18-36-27-35(16-17-37(36)28-38)34-15-14-32-8-4-5-9-33(32)26-34/h1-31H. The van der Waals surface area contributed by atoms with E-state index in [9.17, 15) is 0 Å². The quantitative estimate of drug-likeness (QED) is 0.184. The molecule has 10 rings (SSSR count). The molecular formula is C48H31N. The average Bonchev–Trinajstić information content (AvgIpc) is 3.51. The van der Waals surface area contributed by atoms with Crippen molar-refractivity contribution in [3.05, 3.63) is 188 Å². The van der Waals surface area contributed by atoms with Gasteiger partial charge in [-0.05, 0) is 126 Å². The number of benzene rings is 9. The fourth-order valence-corrected chi connectivity index (χ4v) is 7.59. The molecule has 0 saturated carbocycles. The van der Waals surface area contributed by atoms with E-state index in [1.165, 1.54) is 93.2 Å². The van der Waals surface area contributed by atoms with Crippen LogP contribution in [0.1, 0.15) is 0 Å². The van der Waals surface area contributed by atoms with E-state index in [2.05, 4.69) is 193 Å². The molecule has 0 spiro atoms. The van der Waals surface area contributed by atoms with Gasteiger partial charge in [0.1, 0.15) is 0 Å². The summed E-state index contributed by atoms with van der Waals surface area (Å²) in [5, 5.41) is 10.1. The molecule has 0 radical (unpaired) electrons. The Morgan fingerprint density at radius 3 is 1.20 bits per heavy atom. The van der Waals surface area contributed by atoms with Gasteiger partial charge in [0.2, 0.25) is 0 Å². The zero-order chi connectivity index (χ0) is 32.3. The van der Waals surface area contributed by atoms with Crippen molar-refractivity contribution in [1.29, 1.82) is 0 Å². The molecule has 0 aliphatic carbocycles. The Bertz CT molecular complexity index is 2870. The van der Waals surface area contributed by atoms with Crippen LogP contribution in [0.15, 0.2) is 188 Å². The zero-order valence-corrected chi connectivity index (χ0v) is 26.8. The Hall–Kier alpha value is -6.44. The first-order valence-corrected chi connectivity index (χ1v) is 16.9. The molecule has 49 heavy (non-hydrogen) atoms. The molecule has 0 amide bonds. The van der Waals surface area contributed by atoms with Gasteiger partial charge in [0.05, 0.1) is 11.0 Å². The fraction of sp³-hybridized carbons (Fsp3) is 0. The lowest BCUT2D eigenvalue weighted by atomic mass is 9.95. The third kappa shape index (κ3) is 4.71. The Kier molecular flexibility index (Phi) is 6.25. The molecule has 9 aromatic carbocycles. The van der Waals surface area contributed by atoms with Gasteiger partial charge in [-0.2, -0.15) is 0 Å². The Morgan fingerprint density at radius 1 is 0.245 bits per heavy atom. The van der Waals surface area contributed by atoms with Crippen LogP contribution in [-0.2, 0) is 0 Å². The minimum absolute atomic E-state index is 1.18. The third-order valence-electron chi connectivity index (χ3n) is 10.1. The first kappa shape index (κ1) is 27.7. The Morgan fingerprint density at radius 2 is 0.633 bits per heavy atom. The van der Waals surface area contributed by atoms with Gasteiger partial charge in [-0.25, -0.2) is 0 Å². The van der Waals surface area contributed by atoms with E-state index in [-0.39, 0.29) is 0 Å². The van der Waals surface area contributed by atoms with E-state index >= 15 is 0 Å². The average molecular weight is 622 g/mol. The van der Waals surface area contributed by atoms with E-state index in [0.29, 0.717) is 0 Å². The van der Waals surface area contributed by atoms with Crippen molar-refractivity contribution in [1.82, 2.24) is 4.57 Å². The van der Waals surface area contributed by atoms with E-state index in [1.54, 1.807) is 0 Å². The maximum atomic E-state index is 2.37. The summed E-state index contributed by atoms with van der Waals surface area (Å²) >= 11 is 0. The molecule has 0 fully saturated rings. The normalized spacial score (nSPS) is 11.7. The Labute approximate surface area is 284 Å². The number of hydrogen-bond donors (Lipinski definition) is 0. The molecule has 1 heterocycles. The number of nitrogens with zero attached hydrogens (tertiary/aromatic N) is 1. The second-order valence-corrected chi connectivity index (χ2v) is 13.0. The Balaban J connectivity index is 0.981. The molecule has 10 aromatic rings. The van der Waals surface area contributed by atoms with Crippen LogP contribution in [0.5, 0.6) is 0 Å². The van der Waals surface area contributed by atoms with Crippen LogP contribution in [0.2, 0.25) is 0 Å². The lowest BCUT2D eigenvalue weighted by Crippen LogP contribution is -1.92. The first-order valence-electron chi connectivity index (χ1n) is 16.9. The van der Waals surface area contributed by atoms with Gasteiger partial charge in [-0.1, -0.05) is 127 Å². The molecule has 228 valence electrons. The van der Waals surface area contributed by atoms with E-state index in [4.69, 9.17) is 0 Å². The van der Waals surface area contributed by atoms with Gasteiger partial charge < -0.3 is 4.57 Å². The van der Waals surface area contributed by atoms with Gasteiger partial charge in [0.25, 0.3) is 0 Å². The molecule has 0 unspecified atom stereocenters. The SMILES string of the molecule is c1ccc(-n2c3ccccc3c3cc(-c4ccc5cc(-c6ccc7cc(-c8ccc9ccccc9c8)ccc7c6)ccc5c4)ccc32)cc1. The summed E-state index contributed by atoms with van der Waals surface area (Å²) in [6.45, 7) is 0. The molecule has 0 atom stereocenters. The highest BCUT2D eigenvalue weighted by atomic mass is 15.0. The topological polar surface area (TPSA) is 4.93 Å². The van der Waals surface area contributed by atoms with Crippen molar-refractivity contribution in [3.63, 3.8) is 0 Å². The van der Waals surface area contributed by atoms with E-state index in [1.807, 2.05) is 0 Å². The van der Waals surface area contributed by atoms with Gasteiger partial charge >= 0.3 is 0 Å². The molecule has 0 N–H and O–H groups in total. The molecule has 1 aromatic heterocycles. The monoisotopic (exact) mass is 621 g/mol. The van der Waals surface area contributed by atoms with Gasteiger partial charge in [0.15, 0.2) is 0 Å². The maximum absolute atomic E-state index is 2.37. The zero-order valence-electron chi connectivity index (χ0n) is 26.8. The number of aromatic nitrogens is 1. The van der Waals surface area contributed by atoms with Crippen molar-refractivity contribution in [3.8, 4) is 39.1 Å². The van der Waals surface area contributed by atoms with Gasteiger partial charge in [-0.3, -0.25) is 0 Å².